The van der Waals surface area contributed by atoms with E-state index in [0.29, 0.717) is 6.54 Å². The molecule has 2 fully saturated rings. The van der Waals surface area contributed by atoms with Gasteiger partial charge in [-0.25, -0.2) is 4.79 Å². The molecule has 1 atom stereocenters. The van der Waals surface area contributed by atoms with Gasteiger partial charge >= 0.3 is 11.9 Å². The van der Waals surface area contributed by atoms with Crippen LogP contribution in [0.25, 0.3) is 0 Å². The third-order valence-corrected chi connectivity index (χ3v) is 4.12. The van der Waals surface area contributed by atoms with Crippen molar-refractivity contribution in [3.05, 3.63) is 0 Å². The van der Waals surface area contributed by atoms with Gasteiger partial charge in [0, 0.05) is 18.6 Å². The summed E-state index contributed by atoms with van der Waals surface area (Å²) in [5.41, 5.74) is 0.144. The topological polar surface area (TPSA) is 41.6 Å². The summed E-state index contributed by atoms with van der Waals surface area (Å²) in [5, 5.41) is 3.16. The van der Waals surface area contributed by atoms with E-state index in [0.717, 1.165) is 19.4 Å². The summed E-state index contributed by atoms with van der Waals surface area (Å²) in [6, 6.07) is 0. The summed E-state index contributed by atoms with van der Waals surface area (Å²) < 4.78 is 30.5. The Balaban J connectivity index is 1.75. The van der Waals surface area contributed by atoms with E-state index in [-0.39, 0.29) is 5.54 Å². The maximum Gasteiger partial charge on any atom is 0.377 e. The third kappa shape index (κ3) is 2.49. The van der Waals surface area contributed by atoms with Crippen molar-refractivity contribution in [1.29, 1.82) is 0 Å². The second kappa shape index (κ2) is 4.74. The average Bonchev–Trinajstić information content (AvgIpc) is 2.44. The molecule has 0 aromatic rings. The van der Waals surface area contributed by atoms with Crippen LogP contribution in [0.3, 0.4) is 0 Å². The Hall–Kier alpha value is -0.750. The first-order valence-electron chi connectivity index (χ1n) is 6.33. The van der Waals surface area contributed by atoms with Crippen molar-refractivity contribution in [1.82, 2.24) is 10.2 Å². The first-order chi connectivity index (χ1) is 8.36. The first kappa shape index (κ1) is 13.7. The summed E-state index contributed by atoms with van der Waals surface area (Å²) in [5.74, 6) is -4.69. The molecule has 1 unspecified atom stereocenters. The third-order valence-electron chi connectivity index (χ3n) is 4.12. The van der Waals surface area contributed by atoms with E-state index in [1.807, 2.05) is 14.1 Å². The van der Waals surface area contributed by atoms with Gasteiger partial charge in [-0.15, -0.1) is 0 Å². The highest BCUT2D eigenvalue weighted by Crippen LogP contribution is 2.35. The lowest BCUT2D eigenvalue weighted by Gasteiger charge is -2.47. The van der Waals surface area contributed by atoms with Crippen LogP contribution in [-0.2, 0) is 9.53 Å². The summed E-state index contributed by atoms with van der Waals surface area (Å²) in [6.45, 7) is 1.05. The molecule has 1 saturated heterocycles. The van der Waals surface area contributed by atoms with E-state index in [2.05, 4.69) is 15.0 Å². The predicted molar refractivity (Wildman–Crippen MR) is 62.6 cm³/mol. The van der Waals surface area contributed by atoms with Crippen molar-refractivity contribution >= 4 is 5.97 Å². The first-order valence-corrected chi connectivity index (χ1v) is 6.33. The Morgan fingerprint density at radius 3 is 2.50 bits per heavy atom. The number of ether oxygens (including phenoxy) is 1. The Labute approximate surface area is 106 Å². The van der Waals surface area contributed by atoms with Gasteiger partial charge < -0.3 is 15.0 Å². The van der Waals surface area contributed by atoms with Gasteiger partial charge in [-0.3, -0.25) is 0 Å². The number of cyclic esters (lactones) is 1. The second-order valence-corrected chi connectivity index (χ2v) is 5.54. The summed E-state index contributed by atoms with van der Waals surface area (Å²) in [4.78, 5) is 13.0. The van der Waals surface area contributed by atoms with Crippen LogP contribution < -0.4 is 5.32 Å². The van der Waals surface area contributed by atoms with Crippen LogP contribution in [0.5, 0.6) is 0 Å². The lowest BCUT2D eigenvalue weighted by molar-refractivity contribution is -0.159. The zero-order valence-electron chi connectivity index (χ0n) is 10.8. The van der Waals surface area contributed by atoms with Gasteiger partial charge in [0.25, 0.3) is 0 Å². The highest BCUT2D eigenvalue weighted by atomic mass is 19.3. The Morgan fingerprint density at radius 2 is 2.11 bits per heavy atom. The molecule has 1 aliphatic heterocycles. The standard InChI is InChI=1S/C12H20F2N2O2/c1-16(2)11(4-3-5-11)8-15-7-9-6-12(13,14)10(17)18-9/h9,15H,3-8H2,1-2H3. The van der Waals surface area contributed by atoms with Crippen molar-refractivity contribution < 1.29 is 18.3 Å². The van der Waals surface area contributed by atoms with Crippen LogP contribution in [-0.4, -0.2) is 55.6 Å². The molecule has 4 nitrogen and oxygen atoms in total. The zero-order valence-corrected chi connectivity index (χ0v) is 10.8. The van der Waals surface area contributed by atoms with E-state index in [1.54, 1.807) is 0 Å². The van der Waals surface area contributed by atoms with E-state index in [1.165, 1.54) is 6.42 Å². The van der Waals surface area contributed by atoms with Crippen LogP contribution in [0.1, 0.15) is 25.7 Å². The molecular weight excluding hydrogens is 242 g/mol. The van der Waals surface area contributed by atoms with Crippen LogP contribution in [0.2, 0.25) is 0 Å². The number of likely N-dealkylation sites (N-methyl/N-ethyl adjacent to an activating group) is 1. The van der Waals surface area contributed by atoms with Crippen molar-refractivity contribution in [3.8, 4) is 0 Å². The number of esters is 1. The molecule has 0 radical (unpaired) electrons. The fraction of sp³-hybridized carbons (Fsp3) is 0.917. The molecule has 2 aliphatic rings. The van der Waals surface area contributed by atoms with E-state index in [9.17, 15) is 13.6 Å². The number of carbonyl (C=O) groups is 1. The lowest BCUT2D eigenvalue weighted by Crippen LogP contribution is -2.57. The maximum atomic E-state index is 12.9. The smallest absolute Gasteiger partial charge is 0.377 e. The summed E-state index contributed by atoms with van der Waals surface area (Å²) in [6.07, 6.45) is 2.23. The SMILES string of the molecule is CN(C)C1(CNCC2CC(F)(F)C(=O)O2)CCC1. The number of hydrogen-bond acceptors (Lipinski definition) is 4. The molecular formula is C12H20F2N2O2. The second-order valence-electron chi connectivity index (χ2n) is 5.54. The minimum absolute atomic E-state index is 0.144. The molecule has 1 N–H and O–H groups in total. The molecule has 1 saturated carbocycles. The van der Waals surface area contributed by atoms with Crippen LogP contribution in [0.15, 0.2) is 0 Å². The van der Waals surface area contributed by atoms with E-state index in [4.69, 9.17) is 0 Å². The minimum Gasteiger partial charge on any atom is -0.456 e. The van der Waals surface area contributed by atoms with E-state index < -0.39 is 24.4 Å². The van der Waals surface area contributed by atoms with Crippen molar-refractivity contribution in [2.45, 2.75) is 43.2 Å². The predicted octanol–water partition coefficient (Wildman–Crippen LogP) is 1.01. The summed E-state index contributed by atoms with van der Waals surface area (Å²) in [7, 11) is 4.06. The zero-order chi connectivity index (χ0) is 13.4. The van der Waals surface area contributed by atoms with Crippen molar-refractivity contribution in [2.75, 3.05) is 27.2 Å². The molecule has 0 aromatic heterocycles. The number of nitrogens with one attached hydrogen (secondary N) is 1. The van der Waals surface area contributed by atoms with Crippen LogP contribution in [0.4, 0.5) is 8.78 Å². The van der Waals surface area contributed by atoms with Gasteiger partial charge in [0.05, 0.1) is 6.42 Å². The quantitative estimate of drug-likeness (QED) is 0.751. The minimum atomic E-state index is -3.30. The Morgan fingerprint density at radius 1 is 1.44 bits per heavy atom. The van der Waals surface area contributed by atoms with Crippen LogP contribution in [0, 0.1) is 0 Å². The number of carbonyl (C=O) groups excluding carboxylic acids is 1. The fourth-order valence-corrected chi connectivity index (χ4v) is 2.60. The number of nitrogens with zero attached hydrogens (tertiary/aromatic N) is 1. The van der Waals surface area contributed by atoms with Crippen LogP contribution >= 0.6 is 0 Å². The summed E-state index contributed by atoms with van der Waals surface area (Å²) >= 11 is 0. The molecule has 104 valence electrons. The fourth-order valence-electron chi connectivity index (χ4n) is 2.60. The molecule has 0 amide bonds. The van der Waals surface area contributed by atoms with Gasteiger partial charge in [0.15, 0.2) is 0 Å². The highest BCUT2D eigenvalue weighted by molar-refractivity contribution is 5.79. The lowest BCUT2D eigenvalue weighted by atomic mass is 9.75. The number of alkyl halides is 2. The van der Waals surface area contributed by atoms with Gasteiger partial charge in [-0.2, -0.15) is 8.78 Å². The van der Waals surface area contributed by atoms with Gasteiger partial charge in [0.2, 0.25) is 0 Å². The number of rotatable bonds is 5. The Kier molecular flexibility index (Phi) is 3.60. The largest absolute Gasteiger partial charge is 0.456 e. The van der Waals surface area contributed by atoms with Crippen molar-refractivity contribution in [2.24, 2.45) is 0 Å². The van der Waals surface area contributed by atoms with Gasteiger partial charge in [0.1, 0.15) is 6.10 Å². The molecule has 1 heterocycles. The molecule has 18 heavy (non-hydrogen) atoms. The van der Waals surface area contributed by atoms with Gasteiger partial charge in [-0.1, -0.05) is 0 Å². The molecule has 0 aromatic carbocycles. The molecule has 0 spiro atoms. The number of hydrogen-bond donors (Lipinski definition) is 1. The molecule has 0 bridgehead atoms. The average molecular weight is 262 g/mol. The molecule has 6 heteroatoms. The highest BCUT2D eigenvalue weighted by Gasteiger charge is 2.50. The molecule has 2 rings (SSSR count). The maximum absolute atomic E-state index is 12.9. The van der Waals surface area contributed by atoms with E-state index >= 15 is 0 Å². The normalized spacial score (nSPS) is 29.2. The Bertz CT molecular complexity index is 330. The number of halogens is 2. The molecule has 1 aliphatic carbocycles. The monoisotopic (exact) mass is 262 g/mol. The van der Waals surface area contributed by atoms with Gasteiger partial charge in [-0.05, 0) is 33.4 Å². The van der Waals surface area contributed by atoms with Crippen molar-refractivity contribution in [3.63, 3.8) is 0 Å².